The second-order valence-electron chi connectivity index (χ2n) is 3.73. The highest BCUT2D eigenvalue weighted by atomic mass is 35.5. The van der Waals surface area contributed by atoms with Crippen molar-refractivity contribution in [3.8, 4) is 0 Å². The molecule has 0 bridgehead atoms. The molecule has 0 saturated carbocycles. The molecule has 94 valence electrons. The fraction of sp³-hybridized carbons (Fsp3) is 0.167. The van der Waals surface area contributed by atoms with Gasteiger partial charge in [-0.15, -0.1) is 0 Å². The first-order valence-corrected chi connectivity index (χ1v) is 5.74. The molecule has 18 heavy (non-hydrogen) atoms. The van der Waals surface area contributed by atoms with E-state index in [1.807, 2.05) is 0 Å². The number of amides is 1. The van der Waals surface area contributed by atoms with Crippen molar-refractivity contribution in [3.63, 3.8) is 0 Å². The molecule has 0 radical (unpaired) electrons. The number of halogens is 1. The summed E-state index contributed by atoms with van der Waals surface area (Å²) in [5, 5.41) is 9.93. The Kier molecular flexibility index (Phi) is 3.84. The number of aromatic nitrogens is 1. The van der Waals surface area contributed by atoms with Gasteiger partial charge in [0.15, 0.2) is 5.82 Å². The molecule has 2 rings (SSSR count). The number of hydrogen-bond donors (Lipinski definition) is 2. The smallest absolute Gasteiger partial charge is 0.243 e. The Balaban J connectivity index is 1.83. The summed E-state index contributed by atoms with van der Waals surface area (Å²) in [4.78, 5) is 11.6. The molecule has 1 aromatic heterocycles. The number of hydrogen-bond acceptors (Lipinski definition) is 4. The molecule has 2 aromatic rings. The van der Waals surface area contributed by atoms with Gasteiger partial charge in [0.05, 0.1) is 6.54 Å². The van der Waals surface area contributed by atoms with Crippen molar-refractivity contribution in [2.24, 2.45) is 0 Å². The maximum absolute atomic E-state index is 11.6. The lowest BCUT2D eigenvalue weighted by Gasteiger charge is -2.05. The number of carbonyl (C=O) groups excluding carboxylic acids is 1. The molecule has 0 spiro atoms. The number of carbonyl (C=O) groups is 1. The summed E-state index contributed by atoms with van der Waals surface area (Å²) in [6.45, 7) is 1.90. The van der Waals surface area contributed by atoms with Gasteiger partial charge in [0.1, 0.15) is 5.76 Å². The molecule has 5 nitrogen and oxygen atoms in total. The van der Waals surface area contributed by atoms with Gasteiger partial charge < -0.3 is 15.2 Å². The Labute approximate surface area is 109 Å². The summed E-state index contributed by atoms with van der Waals surface area (Å²) in [6, 6.07) is 8.62. The summed E-state index contributed by atoms with van der Waals surface area (Å²) in [6.07, 6.45) is 0. The molecule has 0 aliphatic rings. The van der Waals surface area contributed by atoms with Crippen molar-refractivity contribution in [1.82, 2.24) is 5.16 Å². The normalized spacial score (nSPS) is 10.1. The summed E-state index contributed by atoms with van der Waals surface area (Å²) in [5.74, 6) is 1.06. The predicted molar refractivity (Wildman–Crippen MR) is 69.8 cm³/mol. The Morgan fingerprint density at radius 1 is 1.39 bits per heavy atom. The fourth-order valence-corrected chi connectivity index (χ4v) is 1.48. The third-order valence-corrected chi connectivity index (χ3v) is 2.44. The van der Waals surface area contributed by atoms with Gasteiger partial charge in [-0.3, -0.25) is 4.79 Å². The Morgan fingerprint density at radius 2 is 2.11 bits per heavy atom. The Bertz CT molecular complexity index is 537. The van der Waals surface area contributed by atoms with Crippen LogP contribution in [0.2, 0.25) is 5.02 Å². The first-order chi connectivity index (χ1) is 8.63. The molecule has 1 amide bonds. The Morgan fingerprint density at radius 3 is 2.72 bits per heavy atom. The van der Waals surface area contributed by atoms with Crippen LogP contribution in [0.5, 0.6) is 0 Å². The Hall–Kier alpha value is -2.01. The minimum atomic E-state index is -0.169. The predicted octanol–water partition coefficient (Wildman–Crippen LogP) is 2.69. The van der Waals surface area contributed by atoms with Crippen LogP contribution in [0.25, 0.3) is 0 Å². The van der Waals surface area contributed by atoms with Crippen molar-refractivity contribution >= 4 is 29.0 Å². The molecular formula is C12H12ClN3O2. The summed E-state index contributed by atoms with van der Waals surface area (Å²) < 4.78 is 4.87. The van der Waals surface area contributed by atoms with Gasteiger partial charge in [0.25, 0.3) is 0 Å². The molecule has 0 atom stereocenters. The van der Waals surface area contributed by atoms with Gasteiger partial charge in [0, 0.05) is 16.8 Å². The van der Waals surface area contributed by atoms with Crippen LogP contribution in [0.4, 0.5) is 11.5 Å². The number of rotatable bonds is 4. The van der Waals surface area contributed by atoms with Crippen molar-refractivity contribution in [2.75, 3.05) is 17.2 Å². The molecule has 1 aromatic carbocycles. The highest BCUT2D eigenvalue weighted by Crippen LogP contribution is 2.13. The van der Waals surface area contributed by atoms with Crippen LogP contribution in [0, 0.1) is 6.92 Å². The first kappa shape index (κ1) is 12.4. The second kappa shape index (κ2) is 5.55. The first-order valence-electron chi connectivity index (χ1n) is 5.36. The minimum Gasteiger partial charge on any atom is -0.360 e. The van der Waals surface area contributed by atoms with E-state index in [0.29, 0.717) is 22.3 Å². The molecule has 6 heteroatoms. The molecule has 0 fully saturated rings. The van der Waals surface area contributed by atoms with E-state index in [1.54, 1.807) is 37.3 Å². The monoisotopic (exact) mass is 265 g/mol. The molecule has 0 unspecified atom stereocenters. The number of nitrogens with zero attached hydrogens (tertiary/aromatic N) is 1. The number of anilines is 2. The van der Waals surface area contributed by atoms with Crippen LogP contribution in [0.3, 0.4) is 0 Å². The highest BCUT2D eigenvalue weighted by Gasteiger charge is 2.04. The average Bonchev–Trinajstić information content (AvgIpc) is 2.76. The summed E-state index contributed by atoms with van der Waals surface area (Å²) in [5.41, 5.74) is 0.697. The minimum absolute atomic E-state index is 0.120. The van der Waals surface area contributed by atoms with Gasteiger partial charge in [-0.2, -0.15) is 0 Å². The number of aryl methyl sites for hydroxylation is 1. The highest BCUT2D eigenvalue weighted by molar-refractivity contribution is 6.30. The molecular weight excluding hydrogens is 254 g/mol. The van der Waals surface area contributed by atoms with E-state index in [2.05, 4.69) is 15.8 Å². The maximum atomic E-state index is 11.6. The van der Waals surface area contributed by atoms with Crippen LogP contribution in [0.1, 0.15) is 5.76 Å². The van der Waals surface area contributed by atoms with Gasteiger partial charge >= 0.3 is 0 Å². The lowest BCUT2D eigenvalue weighted by atomic mass is 10.3. The van der Waals surface area contributed by atoms with Crippen molar-refractivity contribution in [2.45, 2.75) is 6.92 Å². The van der Waals surface area contributed by atoms with E-state index in [4.69, 9.17) is 16.1 Å². The van der Waals surface area contributed by atoms with E-state index in [1.165, 1.54) is 0 Å². The van der Waals surface area contributed by atoms with E-state index in [-0.39, 0.29) is 12.5 Å². The zero-order chi connectivity index (χ0) is 13.0. The summed E-state index contributed by atoms with van der Waals surface area (Å²) >= 11 is 5.75. The van der Waals surface area contributed by atoms with Crippen molar-refractivity contribution in [3.05, 3.63) is 41.1 Å². The van der Waals surface area contributed by atoms with Crippen LogP contribution >= 0.6 is 11.6 Å². The van der Waals surface area contributed by atoms with Gasteiger partial charge in [-0.25, -0.2) is 0 Å². The van der Waals surface area contributed by atoms with Gasteiger partial charge in [-0.05, 0) is 31.2 Å². The zero-order valence-corrected chi connectivity index (χ0v) is 10.5. The number of nitrogens with one attached hydrogen (secondary N) is 2. The van der Waals surface area contributed by atoms with Crippen LogP contribution < -0.4 is 10.6 Å². The standard InChI is InChI=1S/C12H12ClN3O2/c1-8-6-11(16-18-8)14-7-12(17)15-10-4-2-9(13)3-5-10/h2-6H,7H2,1H3,(H,14,16)(H,15,17). The molecule has 2 N–H and O–H groups in total. The lowest BCUT2D eigenvalue weighted by molar-refractivity contribution is -0.114. The largest absolute Gasteiger partial charge is 0.360 e. The zero-order valence-electron chi connectivity index (χ0n) is 9.74. The van der Waals surface area contributed by atoms with Crippen molar-refractivity contribution in [1.29, 1.82) is 0 Å². The quantitative estimate of drug-likeness (QED) is 0.892. The third kappa shape index (κ3) is 3.49. The van der Waals surface area contributed by atoms with Gasteiger partial charge in [0.2, 0.25) is 5.91 Å². The van der Waals surface area contributed by atoms with E-state index < -0.39 is 0 Å². The van der Waals surface area contributed by atoms with E-state index in [0.717, 1.165) is 0 Å². The van der Waals surface area contributed by atoms with Crippen LogP contribution in [-0.4, -0.2) is 17.6 Å². The summed E-state index contributed by atoms with van der Waals surface area (Å²) in [7, 11) is 0. The lowest BCUT2D eigenvalue weighted by Crippen LogP contribution is -2.21. The van der Waals surface area contributed by atoms with Crippen LogP contribution in [-0.2, 0) is 4.79 Å². The van der Waals surface area contributed by atoms with Gasteiger partial charge in [-0.1, -0.05) is 16.8 Å². The molecule has 0 aliphatic heterocycles. The van der Waals surface area contributed by atoms with Crippen LogP contribution in [0.15, 0.2) is 34.9 Å². The average molecular weight is 266 g/mol. The SMILES string of the molecule is Cc1cc(NCC(=O)Nc2ccc(Cl)cc2)no1. The van der Waals surface area contributed by atoms with E-state index in [9.17, 15) is 4.79 Å². The molecule has 0 saturated heterocycles. The maximum Gasteiger partial charge on any atom is 0.243 e. The van der Waals surface area contributed by atoms with Crippen molar-refractivity contribution < 1.29 is 9.32 Å². The second-order valence-corrected chi connectivity index (χ2v) is 4.17. The molecule has 0 aliphatic carbocycles. The third-order valence-electron chi connectivity index (χ3n) is 2.19. The fourth-order valence-electron chi connectivity index (χ4n) is 1.36. The number of benzene rings is 1. The van der Waals surface area contributed by atoms with E-state index >= 15 is 0 Å². The topological polar surface area (TPSA) is 67.2 Å². The molecule has 1 heterocycles.